The van der Waals surface area contributed by atoms with Crippen LogP contribution in [0.15, 0.2) is 106 Å². The van der Waals surface area contributed by atoms with Gasteiger partial charge in [0.15, 0.2) is 5.78 Å². The van der Waals surface area contributed by atoms with Crippen molar-refractivity contribution in [1.82, 2.24) is 0 Å². The van der Waals surface area contributed by atoms with Crippen molar-refractivity contribution in [2.45, 2.75) is 12.8 Å². The summed E-state index contributed by atoms with van der Waals surface area (Å²) < 4.78 is 26.4. The molecule has 0 spiro atoms. The minimum atomic E-state index is -0.492. The van der Waals surface area contributed by atoms with Crippen molar-refractivity contribution in [1.29, 1.82) is 0 Å². The zero-order valence-electron chi connectivity index (χ0n) is 21.7. The van der Waals surface area contributed by atoms with Gasteiger partial charge in [0.1, 0.15) is 30.5 Å². The highest BCUT2D eigenvalue weighted by Crippen LogP contribution is 2.30. The number of para-hydroxylation sites is 1. The van der Waals surface area contributed by atoms with Crippen molar-refractivity contribution in [3.05, 3.63) is 115 Å². The largest absolute Gasteiger partial charge is 0.489 e. The molecular formula is C32H28O8. The fourth-order valence-corrected chi connectivity index (χ4v) is 3.68. The fraction of sp³-hybridized carbons (Fsp3) is 0.156. The Kier molecular flexibility index (Phi) is 10.3. The topological polar surface area (TPSA) is 105 Å². The maximum atomic E-state index is 12.6. The molecule has 0 saturated carbocycles. The first kappa shape index (κ1) is 27.9. The molecule has 0 radical (unpaired) electrons. The average molecular weight is 541 g/mol. The summed E-state index contributed by atoms with van der Waals surface area (Å²) in [6.45, 7) is 0.404. The summed E-state index contributed by atoms with van der Waals surface area (Å²) in [4.78, 5) is 36.2. The van der Waals surface area contributed by atoms with Crippen LogP contribution in [0.2, 0.25) is 0 Å². The highest BCUT2D eigenvalue weighted by Gasteiger charge is 2.10. The van der Waals surface area contributed by atoms with E-state index in [2.05, 4.69) is 0 Å². The minimum absolute atomic E-state index is 0.0406. The van der Waals surface area contributed by atoms with Crippen LogP contribution in [0, 0.1) is 0 Å². The Balaban J connectivity index is 1.21. The van der Waals surface area contributed by atoms with Crippen molar-refractivity contribution >= 4 is 29.9 Å². The van der Waals surface area contributed by atoms with Crippen molar-refractivity contribution in [2.24, 2.45) is 0 Å². The van der Waals surface area contributed by atoms with Gasteiger partial charge in [-0.1, -0.05) is 42.5 Å². The smallest absolute Gasteiger partial charge is 0.331 e. The Morgan fingerprint density at radius 3 is 1.93 bits per heavy atom. The Bertz CT molecular complexity index is 1430. The lowest BCUT2D eigenvalue weighted by Gasteiger charge is -2.12. The lowest BCUT2D eigenvalue weighted by atomic mass is 10.0. The number of hydrogen-bond acceptors (Lipinski definition) is 8. The van der Waals surface area contributed by atoms with Gasteiger partial charge >= 0.3 is 11.9 Å². The van der Waals surface area contributed by atoms with Gasteiger partial charge in [-0.15, -0.1) is 0 Å². The molecule has 0 unspecified atom stereocenters. The van der Waals surface area contributed by atoms with Crippen LogP contribution in [0.1, 0.15) is 34.7 Å². The molecule has 0 saturated heterocycles. The first-order valence-corrected chi connectivity index (χ1v) is 12.7. The quantitative estimate of drug-likeness (QED) is 0.0784. The molecule has 0 aliphatic heterocycles. The molecule has 8 nitrogen and oxygen atoms in total. The lowest BCUT2D eigenvalue weighted by molar-refractivity contribution is -0.139. The lowest BCUT2D eigenvalue weighted by Crippen LogP contribution is -2.10. The Labute approximate surface area is 231 Å². The van der Waals surface area contributed by atoms with Gasteiger partial charge < -0.3 is 23.0 Å². The third kappa shape index (κ3) is 8.73. The third-order valence-corrected chi connectivity index (χ3v) is 5.64. The molecule has 0 aliphatic carbocycles. The first-order chi connectivity index (χ1) is 19.6. The normalized spacial score (nSPS) is 11.1. The van der Waals surface area contributed by atoms with Gasteiger partial charge in [-0.25, -0.2) is 9.59 Å². The third-order valence-electron chi connectivity index (χ3n) is 5.64. The zero-order chi connectivity index (χ0) is 28.0. The van der Waals surface area contributed by atoms with Crippen LogP contribution in [0.5, 0.6) is 5.75 Å². The van der Waals surface area contributed by atoms with Crippen LogP contribution in [0.3, 0.4) is 0 Å². The second-order valence-electron chi connectivity index (χ2n) is 8.48. The average Bonchev–Trinajstić information content (AvgIpc) is 3.70. The van der Waals surface area contributed by atoms with Crippen molar-refractivity contribution in [3.8, 4) is 16.9 Å². The van der Waals surface area contributed by atoms with E-state index >= 15 is 0 Å². The highest BCUT2D eigenvalue weighted by molar-refractivity contribution is 5.96. The first-order valence-electron chi connectivity index (χ1n) is 12.7. The van der Waals surface area contributed by atoms with Crippen LogP contribution in [0.25, 0.3) is 23.3 Å². The number of esters is 2. The summed E-state index contributed by atoms with van der Waals surface area (Å²) >= 11 is 0. The minimum Gasteiger partial charge on any atom is -0.489 e. The molecule has 0 bridgehead atoms. The number of carbonyl (C=O) groups is 3. The van der Waals surface area contributed by atoms with Gasteiger partial charge in [0, 0.05) is 29.7 Å². The molecule has 8 heteroatoms. The number of ether oxygens (including phenoxy) is 3. The summed E-state index contributed by atoms with van der Waals surface area (Å²) in [5.41, 5.74) is 2.29. The predicted octanol–water partition coefficient (Wildman–Crippen LogP) is 6.39. The van der Waals surface area contributed by atoms with Gasteiger partial charge in [0.05, 0.1) is 19.1 Å². The summed E-state index contributed by atoms with van der Waals surface area (Å²) in [5.74, 6) is 0.724. The molecule has 2 heterocycles. The maximum Gasteiger partial charge on any atom is 0.331 e. The molecule has 0 N–H and O–H groups in total. The van der Waals surface area contributed by atoms with Gasteiger partial charge in [0.2, 0.25) is 0 Å². The SMILES string of the molecule is O=C(C=Cc1ccco1)OCCCC(=O)c1ccc(-c2ccccc2OCCOC(=O)C=Cc2ccco2)cc1. The molecular weight excluding hydrogens is 512 g/mol. The van der Waals surface area contributed by atoms with Crippen LogP contribution in [-0.2, 0) is 19.1 Å². The number of rotatable bonds is 14. The summed E-state index contributed by atoms with van der Waals surface area (Å²) in [6.07, 6.45) is 9.35. The molecule has 0 amide bonds. The van der Waals surface area contributed by atoms with E-state index in [1.165, 1.54) is 36.8 Å². The van der Waals surface area contributed by atoms with Crippen LogP contribution < -0.4 is 4.74 Å². The molecule has 2 aromatic heterocycles. The van der Waals surface area contributed by atoms with E-state index in [1.807, 2.05) is 36.4 Å². The van der Waals surface area contributed by atoms with Gasteiger partial charge in [-0.05, 0) is 54.5 Å². The molecule has 0 atom stereocenters. The second-order valence-corrected chi connectivity index (χ2v) is 8.48. The number of benzene rings is 2. The molecule has 0 aliphatic rings. The maximum absolute atomic E-state index is 12.6. The second kappa shape index (κ2) is 14.7. The molecule has 4 rings (SSSR count). The van der Waals surface area contributed by atoms with E-state index in [1.54, 1.807) is 36.4 Å². The Morgan fingerprint density at radius 2 is 1.30 bits per heavy atom. The molecule has 40 heavy (non-hydrogen) atoms. The summed E-state index contributed by atoms with van der Waals surface area (Å²) in [7, 11) is 0. The number of Topliss-reactive ketones (excluding diaryl/α,β-unsaturated/α-hetero) is 1. The zero-order valence-corrected chi connectivity index (χ0v) is 21.7. The predicted molar refractivity (Wildman–Crippen MR) is 148 cm³/mol. The number of hydrogen-bond donors (Lipinski definition) is 0. The van der Waals surface area contributed by atoms with E-state index < -0.39 is 11.9 Å². The monoisotopic (exact) mass is 540 g/mol. The summed E-state index contributed by atoms with van der Waals surface area (Å²) in [6, 6.07) is 21.6. The van der Waals surface area contributed by atoms with Crippen molar-refractivity contribution < 1.29 is 37.4 Å². The highest BCUT2D eigenvalue weighted by atomic mass is 16.6. The van der Waals surface area contributed by atoms with E-state index in [4.69, 9.17) is 23.0 Å². The van der Waals surface area contributed by atoms with Crippen LogP contribution >= 0.6 is 0 Å². The number of carbonyl (C=O) groups excluding carboxylic acids is 3. The van der Waals surface area contributed by atoms with Crippen molar-refractivity contribution in [3.63, 3.8) is 0 Å². The van der Waals surface area contributed by atoms with Crippen LogP contribution in [-0.4, -0.2) is 37.5 Å². The van der Waals surface area contributed by atoms with E-state index in [0.29, 0.717) is 29.3 Å². The van der Waals surface area contributed by atoms with E-state index in [9.17, 15) is 14.4 Å². The van der Waals surface area contributed by atoms with Gasteiger partial charge in [0.25, 0.3) is 0 Å². The Morgan fingerprint density at radius 1 is 0.675 bits per heavy atom. The molecule has 204 valence electrons. The molecule has 2 aromatic carbocycles. The number of furan rings is 2. The van der Waals surface area contributed by atoms with Crippen LogP contribution in [0.4, 0.5) is 0 Å². The van der Waals surface area contributed by atoms with E-state index in [-0.39, 0.29) is 32.0 Å². The molecule has 4 aromatic rings. The van der Waals surface area contributed by atoms with Crippen molar-refractivity contribution in [2.75, 3.05) is 19.8 Å². The standard InChI is InChI=1S/C32H28O8/c33-29(9-5-21-39-31(34)17-15-26-6-3-19-36-26)25-13-11-24(12-14-25)28-8-1-2-10-30(28)38-22-23-40-32(35)18-16-27-7-4-20-37-27/h1-4,6-8,10-20H,5,9,21-23H2. The number of ketones is 1. The Hall–Kier alpha value is -5.11. The van der Waals surface area contributed by atoms with Gasteiger partial charge in [-0.3, -0.25) is 4.79 Å². The fourth-order valence-electron chi connectivity index (χ4n) is 3.68. The summed E-state index contributed by atoms with van der Waals surface area (Å²) in [5, 5.41) is 0. The molecule has 0 fully saturated rings. The van der Waals surface area contributed by atoms with E-state index in [0.717, 1.165) is 11.1 Å². The van der Waals surface area contributed by atoms with Gasteiger partial charge in [-0.2, -0.15) is 0 Å².